The van der Waals surface area contributed by atoms with Crippen LogP contribution in [-0.4, -0.2) is 26.1 Å². The Morgan fingerprint density at radius 2 is 2.04 bits per heavy atom. The van der Waals surface area contributed by atoms with E-state index in [4.69, 9.17) is 11.6 Å². The molecule has 0 aliphatic rings. The van der Waals surface area contributed by atoms with E-state index in [1.54, 1.807) is 11.7 Å². The number of carbonyl (C=O) groups is 1. The van der Waals surface area contributed by atoms with Crippen LogP contribution in [0.5, 0.6) is 0 Å². The van der Waals surface area contributed by atoms with Crippen molar-refractivity contribution in [3.05, 3.63) is 59.1 Å². The highest BCUT2D eigenvalue weighted by molar-refractivity contribution is 6.31. The molecular formula is C17H16ClN5O. The van der Waals surface area contributed by atoms with Gasteiger partial charge in [-0.25, -0.2) is 4.68 Å². The summed E-state index contributed by atoms with van der Waals surface area (Å²) in [4.78, 5) is 12.2. The molecule has 0 atom stereocenters. The Balaban J connectivity index is 1.65. The van der Waals surface area contributed by atoms with Gasteiger partial charge in [-0.05, 0) is 40.6 Å². The van der Waals surface area contributed by atoms with Gasteiger partial charge in [0.05, 0.1) is 0 Å². The average molecular weight is 342 g/mol. The molecule has 0 aliphatic carbocycles. The van der Waals surface area contributed by atoms with E-state index in [0.717, 1.165) is 11.1 Å². The molecule has 3 aromatic rings. The molecule has 0 fully saturated rings. The van der Waals surface area contributed by atoms with E-state index < -0.39 is 0 Å². The molecule has 0 bridgehead atoms. The molecule has 0 saturated carbocycles. The SMILES string of the molecule is Cn1nnnc1-c1cccc(NC(=O)CCc2ccccc2Cl)c1. The van der Waals surface area contributed by atoms with Crippen LogP contribution in [0, 0.1) is 0 Å². The van der Waals surface area contributed by atoms with Crippen LogP contribution in [0.2, 0.25) is 5.02 Å². The van der Waals surface area contributed by atoms with Crippen molar-refractivity contribution < 1.29 is 4.79 Å². The van der Waals surface area contributed by atoms with E-state index in [-0.39, 0.29) is 5.91 Å². The van der Waals surface area contributed by atoms with E-state index in [9.17, 15) is 4.79 Å². The van der Waals surface area contributed by atoms with Gasteiger partial charge in [-0.1, -0.05) is 41.9 Å². The molecule has 0 aliphatic heterocycles. The largest absolute Gasteiger partial charge is 0.326 e. The van der Waals surface area contributed by atoms with Gasteiger partial charge < -0.3 is 5.32 Å². The number of benzene rings is 2. The van der Waals surface area contributed by atoms with Gasteiger partial charge in [0, 0.05) is 29.7 Å². The first-order valence-electron chi connectivity index (χ1n) is 7.49. The first kappa shape index (κ1) is 16.1. The Morgan fingerprint density at radius 3 is 2.79 bits per heavy atom. The minimum atomic E-state index is -0.0665. The van der Waals surface area contributed by atoms with E-state index in [0.29, 0.717) is 29.4 Å². The number of aromatic nitrogens is 4. The van der Waals surface area contributed by atoms with Gasteiger partial charge in [0.15, 0.2) is 5.82 Å². The zero-order valence-electron chi connectivity index (χ0n) is 13.1. The normalized spacial score (nSPS) is 10.6. The fraction of sp³-hybridized carbons (Fsp3) is 0.176. The number of halogens is 1. The van der Waals surface area contributed by atoms with Crippen LogP contribution in [-0.2, 0) is 18.3 Å². The first-order chi connectivity index (χ1) is 11.6. The van der Waals surface area contributed by atoms with Crippen molar-refractivity contribution in [2.75, 3.05) is 5.32 Å². The summed E-state index contributed by atoms with van der Waals surface area (Å²) in [6.07, 6.45) is 0.956. The zero-order valence-corrected chi connectivity index (χ0v) is 13.9. The van der Waals surface area contributed by atoms with Crippen molar-refractivity contribution in [3.8, 4) is 11.4 Å². The maximum atomic E-state index is 12.2. The molecule has 0 unspecified atom stereocenters. The lowest BCUT2D eigenvalue weighted by atomic mass is 10.1. The number of aryl methyl sites for hydroxylation is 2. The summed E-state index contributed by atoms with van der Waals surface area (Å²) in [7, 11) is 1.77. The highest BCUT2D eigenvalue weighted by Crippen LogP contribution is 2.20. The van der Waals surface area contributed by atoms with Crippen LogP contribution in [0.4, 0.5) is 5.69 Å². The number of nitrogens with one attached hydrogen (secondary N) is 1. The quantitative estimate of drug-likeness (QED) is 0.774. The second kappa shape index (κ2) is 7.23. The molecule has 7 heteroatoms. The number of tetrazole rings is 1. The summed E-state index contributed by atoms with van der Waals surface area (Å²) in [5.74, 6) is 0.574. The van der Waals surface area contributed by atoms with Crippen molar-refractivity contribution in [1.82, 2.24) is 20.2 Å². The molecule has 0 saturated heterocycles. The van der Waals surface area contributed by atoms with Gasteiger partial charge >= 0.3 is 0 Å². The minimum Gasteiger partial charge on any atom is -0.326 e. The van der Waals surface area contributed by atoms with Gasteiger partial charge in [-0.2, -0.15) is 0 Å². The van der Waals surface area contributed by atoms with Crippen molar-refractivity contribution in [2.45, 2.75) is 12.8 Å². The molecule has 0 radical (unpaired) electrons. The Morgan fingerprint density at radius 1 is 1.21 bits per heavy atom. The van der Waals surface area contributed by atoms with Crippen molar-refractivity contribution in [2.24, 2.45) is 7.05 Å². The van der Waals surface area contributed by atoms with E-state index in [1.165, 1.54) is 0 Å². The number of hydrogen-bond donors (Lipinski definition) is 1. The fourth-order valence-corrected chi connectivity index (χ4v) is 2.61. The highest BCUT2D eigenvalue weighted by Gasteiger charge is 2.09. The number of anilines is 1. The summed E-state index contributed by atoms with van der Waals surface area (Å²) >= 11 is 6.11. The third-order valence-electron chi connectivity index (χ3n) is 3.60. The summed E-state index contributed by atoms with van der Waals surface area (Å²) < 4.78 is 1.58. The first-order valence-corrected chi connectivity index (χ1v) is 7.87. The lowest BCUT2D eigenvalue weighted by molar-refractivity contribution is -0.116. The number of carbonyl (C=O) groups excluding carboxylic acids is 1. The molecular weight excluding hydrogens is 326 g/mol. The smallest absolute Gasteiger partial charge is 0.224 e. The molecule has 1 amide bonds. The lowest BCUT2D eigenvalue weighted by Gasteiger charge is -2.08. The van der Waals surface area contributed by atoms with Crippen LogP contribution in [0.3, 0.4) is 0 Å². The summed E-state index contributed by atoms with van der Waals surface area (Å²) in [5, 5.41) is 15.0. The van der Waals surface area contributed by atoms with Crippen molar-refractivity contribution in [1.29, 1.82) is 0 Å². The highest BCUT2D eigenvalue weighted by atomic mass is 35.5. The van der Waals surface area contributed by atoms with Gasteiger partial charge in [0.2, 0.25) is 5.91 Å². The number of rotatable bonds is 5. The third kappa shape index (κ3) is 3.78. The Bertz CT molecular complexity index is 861. The Kier molecular flexibility index (Phi) is 4.86. The second-order valence-corrected chi connectivity index (χ2v) is 5.75. The van der Waals surface area contributed by atoms with Gasteiger partial charge in [-0.15, -0.1) is 5.10 Å². The Labute approximate surface area is 144 Å². The summed E-state index contributed by atoms with van der Waals surface area (Å²) in [6, 6.07) is 15.0. The van der Waals surface area contributed by atoms with Gasteiger partial charge in [0.25, 0.3) is 0 Å². The van der Waals surface area contributed by atoms with E-state index in [2.05, 4.69) is 20.8 Å². The Hall–Kier alpha value is -2.73. The molecule has 6 nitrogen and oxygen atoms in total. The van der Waals surface area contributed by atoms with E-state index in [1.807, 2.05) is 48.5 Å². The van der Waals surface area contributed by atoms with Crippen molar-refractivity contribution >= 4 is 23.2 Å². The molecule has 1 heterocycles. The second-order valence-electron chi connectivity index (χ2n) is 5.35. The van der Waals surface area contributed by atoms with Crippen molar-refractivity contribution in [3.63, 3.8) is 0 Å². The van der Waals surface area contributed by atoms with Gasteiger partial charge in [-0.3, -0.25) is 4.79 Å². The third-order valence-corrected chi connectivity index (χ3v) is 3.97. The predicted molar refractivity (Wildman–Crippen MR) is 92.6 cm³/mol. The molecule has 1 aromatic heterocycles. The lowest BCUT2D eigenvalue weighted by Crippen LogP contribution is -2.12. The standard InChI is InChI=1S/C17H16ClN5O/c1-23-17(20-21-22-23)13-6-4-7-14(11-13)19-16(24)10-9-12-5-2-3-8-15(12)18/h2-8,11H,9-10H2,1H3,(H,19,24). The maximum Gasteiger partial charge on any atom is 0.224 e. The number of nitrogens with zero attached hydrogens (tertiary/aromatic N) is 4. The average Bonchev–Trinajstić information content (AvgIpc) is 3.00. The molecule has 3 rings (SSSR count). The predicted octanol–water partition coefficient (Wildman–Crippen LogP) is 3.10. The molecule has 1 N–H and O–H groups in total. The molecule has 0 spiro atoms. The van der Waals surface area contributed by atoms with Crippen LogP contribution in [0.1, 0.15) is 12.0 Å². The van der Waals surface area contributed by atoms with Crippen LogP contribution in [0.25, 0.3) is 11.4 Å². The van der Waals surface area contributed by atoms with Gasteiger partial charge in [0.1, 0.15) is 0 Å². The maximum absolute atomic E-state index is 12.2. The molecule has 122 valence electrons. The number of amides is 1. The zero-order chi connectivity index (χ0) is 16.9. The monoisotopic (exact) mass is 341 g/mol. The topological polar surface area (TPSA) is 72.7 Å². The summed E-state index contributed by atoms with van der Waals surface area (Å²) in [5.41, 5.74) is 2.51. The number of hydrogen-bond acceptors (Lipinski definition) is 4. The summed E-state index contributed by atoms with van der Waals surface area (Å²) in [6.45, 7) is 0. The minimum absolute atomic E-state index is 0.0665. The molecule has 24 heavy (non-hydrogen) atoms. The van der Waals surface area contributed by atoms with E-state index >= 15 is 0 Å². The van der Waals surface area contributed by atoms with Crippen LogP contribution in [0.15, 0.2) is 48.5 Å². The van der Waals surface area contributed by atoms with Crippen LogP contribution >= 0.6 is 11.6 Å². The fourth-order valence-electron chi connectivity index (χ4n) is 2.38. The molecule has 2 aromatic carbocycles. The van der Waals surface area contributed by atoms with Crippen LogP contribution < -0.4 is 5.32 Å².